The van der Waals surface area contributed by atoms with Crippen molar-refractivity contribution in [1.29, 1.82) is 0 Å². The Bertz CT molecular complexity index is 837. The standard InChI is InChI=1S/C16H16N6O2/c23-16(12-9-14(24-21-12)11-1-2-11)20-6-8-22-7-5-19-15(22)13-10-17-3-4-18-13/h3-5,7,9-11H,1-2,6,8H2,(H,20,23). The number of imidazole rings is 1. The van der Waals surface area contributed by atoms with Crippen LogP contribution >= 0.6 is 0 Å². The van der Waals surface area contributed by atoms with Crippen molar-refractivity contribution in [1.82, 2.24) is 30.0 Å². The van der Waals surface area contributed by atoms with E-state index in [1.807, 2.05) is 10.8 Å². The van der Waals surface area contributed by atoms with Crippen LogP contribution in [0.2, 0.25) is 0 Å². The first-order chi connectivity index (χ1) is 11.8. The fourth-order valence-electron chi connectivity index (χ4n) is 2.47. The third-order valence-corrected chi connectivity index (χ3v) is 3.89. The van der Waals surface area contributed by atoms with E-state index in [2.05, 4.69) is 25.4 Å². The number of hydrogen-bond donors (Lipinski definition) is 1. The molecule has 1 fully saturated rings. The lowest BCUT2D eigenvalue weighted by atomic mass is 10.3. The molecular formula is C16H16N6O2. The highest BCUT2D eigenvalue weighted by Crippen LogP contribution is 2.40. The molecule has 0 aliphatic heterocycles. The Hall–Kier alpha value is -3.03. The maximum absolute atomic E-state index is 12.1. The van der Waals surface area contributed by atoms with Gasteiger partial charge in [-0.3, -0.25) is 9.78 Å². The van der Waals surface area contributed by atoms with Crippen LogP contribution in [-0.2, 0) is 6.54 Å². The first-order valence-electron chi connectivity index (χ1n) is 7.83. The summed E-state index contributed by atoms with van der Waals surface area (Å²) >= 11 is 0. The van der Waals surface area contributed by atoms with Crippen LogP contribution in [0.3, 0.4) is 0 Å². The summed E-state index contributed by atoms with van der Waals surface area (Å²) < 4.78 is 7.12. The van der Waals surface area contributed by atoms with Crippen molar-refractivity contribution in [3.8, 4) is 11.5 Å². The van der Waals surface area contributed by atoms with Gasteiger partial charge in [0.2, 0.25) is 0 Å². The van der Waals surface area contributed by atoms with E-state index in [1.54, 1.807) is 30.9 Å². The SMILES string of the molecule is O=C(NCCn1ccnc1-c1cnccn1)c1cc(C2CC2)on1. The van der Waals surface area contributed by atoms with Gasteiger partial charge in [0.15, 0.2) is 11.5 Å². The molecule has 1 N–H and O–H groups in total. The second-order valence-electron chi connectivity index (χ2n) is 5.68. The number of aromatic nitrogens is 5. The lowest BCUT2D eigenvalue weighted by Gasteiger charge is -2.07. The minimum atomic E-state index is -0.230. The molecule has 0 spiro atoms. The summed E-state index contributed by atoms with van der Waals surface area (Å²) in [4.78, 5) is 24.7. The zero-order chi connectivity index (χ0) is 16.4. The van der Waals surface area contributed by atoms with E-state index in [-0.39, 0.29) is 5.91 Å². The fourth-order valence-corrected chi connectivity index (χ4v) is 2.47. The van der Waals surface area contributed by atoms with E-state index < -0.39 is 0 Å². The van der Waals surface area contributed by atoms with Crippen LogP contribution in [0.4, 0.5) is 0 Å². The van der Waals surface area contributed by atoms with Gasteiger partial charge in [0, 0.05) is 49.9 Å². The summed E-state index contributed by atoms with van der Waals surface area (Å²) in [6, 6.07) is 1.73. The molecule has 24 heavy (non-hydrogen) atoms. The minimum Gasteiger partial charge on any atom is -0.360 e. The summed E-state index contributed by atoms with van der Waals surface area (Å²) in [5, 5.41) is 6.68. The van der Waals surface area contributed by atoms with E-state index >= 15 is 0 Å². The molecule has 3 aromatic rings. The molecule has 0 aromatic carbocycles. The largest absolute Gasteiger partial charge is 0.360 e. The van der Waals surface area contributed by atoms with Crippen LogP contribution in [0.25, 0.3) is 11.5 Å². The van der Waals surface area contributed by atoms with E-state index in [1.165, 1.54) is 0 Å². The van der Waals surface area contributed by atoms with Gasteiger partial charge < -0.3 is 14.4 Å². The predicted octanol–water partition coefficient (Wildman–Crippen LogP) is 1.64. The summed E-state index contributed by atoms with van der Waals surface area (Å²) in [6.07, 6.45) is 10.7. The molecule has 3 aromatic heterocycles. The van der Waals surface area contributed by atoms with Crippen LogP contribution in [0, 0.1) is 0 Å². The first kappa shape index (κ1) is 14.6. The number of nitrogens with one attached hydrogen (secondary N) is 1. The van der Waals surface area contributed by atoms with Crippen LogP contribution in [0.5, 0.6) is 0 Å². The average Bonchev–Trinajstić information content (AvgIpc) is 3.16. The molecule has 0 atom stereocenters. The van der Waals surface area contributed by atoms with Gasteiger partial charge in [0.05, 0.1) is 6.20 Å². The number of carbonyl (C=O) groups excluding carboxylic acids is 1. The van der Waals surface area contributed by atoms with Crippen molar-refractivity contribution < 1.29 is 9.32 Å². The zero-order valence-corrected chi connectivity index (χ0v) is 12.9. The number of carbonyl (C=O) groups is 1. The van der Waals surface area contributed by atoms with Gasteiger partial charge in [0.25, 0.3) is 5.91 Å². The molecule has 0 bridgehead atoms. The van der Waals surface area contributed by atoms with Gasteiger partial charge in [-0.1, -0.05) is 5.16 Å². The molecule has 1 aliphatic carbocycles. The highest BCUT2D eigenvalue weighted by Gasteiger charge is 2.28. The van der Waals surface area contributed by atoms with Gasteiger partial charge in [-0.15, -0.1) is 0 Å². The predicted molar refractivity (Wildman–Crippen MR) is 84.1 cm³/mol. The molecule has 122 valence electrons. The van der Waals surface area contributed by atoms with Gasteiger partial charge in [-0.2, -0.15) is 0 Å². The molecule has 1 amide bonds. The van der Waals surface area contributed by atoms with Crippen molar-refractivity contribution in [2.75, 3.05) is 6.54 Å². The second-order valence-corrected chi connectivity index (χ2v) is 5.68. The first-order valence-corrected chi connectivity index (χ1v) is 7.83. The Balaban J connectivity index is 1.35. The van der Waals surface area contributed by atoms with Gasteiger partial charge in [-0.05, 0) is 12.8 Å². The summed E-state index contributed by atoms with van der Waals surface area (Å²) in [5.74, 6) is 1.74. The molecule has 8 heteroatoms. The van der Waals surface area contributed by atoms with Crippen molar-refractivity contribution >= 4 is 5.91 Å². The van der Waals surface area contributed by atoms with E-state index in [4.69, 9.17) is 4.52 Å². The van der Waals surface area contributed by atoms with Crippen LogP contribution in [-0.4, -0.2) is 37.1 Å². The topological polar surface area (TPSA) is 98.7 Å². The molecular weight excluding hydrogens is 308 g/mol. The highest BCUT2D eigenvalue weighted by molar-refractivity contribution is 5.92. The maximum atomic E-state index is 12.1. The van der Waals surface area contributed by atoms with Crippen molar-refractivity contribution in [2.45, 2.75) is 25.3 Å². The van der Waals surface area contributed by atoms with Crippen LogP contribution in [0.1, 0.15) is 35.0 Å². The number of rotatable bonds is 6. The Kier molecular flexibility index (Phi) is 3.78. The van der Waals surface area contributed by atoms with Crippen molar-refractivity contribution in [3.63, 3.8) is 0 Å². The Labute approximate surface area is 137 Å². The Morgan fingerprint density at radius 3 is 3.00 bits per heavy atom. The van der Waals surface area contributed by atoms with Gasteiger partial charge in [-0.25, -0.2) is 9.97 Å². The van der Waals surface area contributed by atoms with Crippen molar-refractivity contribution in [2.24, 2.45) is 0 Å². The lowest BCUT2D eigenvalue weighted by molar-refractivity contribution is 0.0943. The average molecular weight is 324 g/mol. The van der Waals surface area contributed by atoms with Crippen LogP contribution < -0.4 is 5.32 Å². The summed E-state index contributed by atoms with van der Waals surface area (Å²) in [5.41, 5.74) is 1.02. The molecule has 3 heterocycles. The molecule has 0 radical (unpaired) electrons. The van der Waals surface area contributed by atoms with E-state index in [0.717, 1.165) is 24.4 Å². The summed E-state index contributed by atoms with van der Waals surface area (Å²) in [7, 11) is 0. The van der Waals surface area contributed by atoms with E-state index in [9.17, 15) is 4.79 Å². The van der Waals surface area contributed by atoms with E-state index in [0.29, 0.717) is 30.4 Å². The molecule has 8 nitrogen and oxygen atoms in total. The third kappa shape index (κ3) is 3.03. The molecule has 0 saturated heterocycles. The Morgan fingerprint density at radius 2 is 2.21 bits per heavy atom. The number of hydrogen-bond acceptors (Lipinski definition) is 6. The molecule has 1 saturated carbocycles. The summed E-state index contributed by atoms with van der Waals surface area (Å²) in [6.45, 7) is 1.03. The number of nitrogens with zero attached hydrogens (tertiary/aromatic N) is 5. The molecule has 4 rings (SSSR count). The third-order valence-electron chi connectivity index (χ3n) is 3.89. The zero-order valence-electron chi connectivity index (χ0n) is 12.9. The Morgan fingerprint density at radius 1 is 1.29 bits per heavy atom. The van der Waals surface area contributed by atoms with Gasteiger partial charge >= 0.3 is 0 Å². The maximum Gasteiger partial charge on any atom is 0.273 e. The second kappa shape index (κ2) is 6.23. The lowest BCUT2D eigenvalue weighted by Crippen LogP contribution is -2.27. The smallest absolute Gasteiger partial charge is 0.273 e. The molecule has 0 unspecified atom stereocenters. The minimum absolute atomic E-state index is 0.230. The molecule has 1 aliphatic rings. The monoisotopic (exact) mass is 324 g/mol. The van der Waals surface area contributed by atoms with Crippen molar-refractivity contribution in [3.05, 3.63) is 48.5 Å². The quantitative estimate of drug-likeness (QED) is 0.740. The fraction of sp³-hybridized carbons (Fsp3) is 0.312. The highest BCUT2D eigenvalue weighted by atomic mass is 16.5. The van der Waals surface area contributed by atoms with Crippen LogP contribution in [0.15, 0.2) is 41.6 Å². The normalized spacial score (nSPS) is 13.8. The number of amides is 1. The van der Waals surface area contributed by atoms with Gasteiger partial charge in [0.1, 0.15) is 11.5 Å².